The van der Waals surface area contributed by atoms with E-state index in [1.165, 1.54) is 0 Å². The summed E-state index contributed by atoms with van der Waals surface area (Å²) in [5.41, 5.74) is 2.49. The second-order valence-electron chi connectivity index (χ2n) is 8.01. The maximum Gasteiger partial charge on any atom is 0.226 e. The lowest BCUT2D eigenvalue weighted by molar-refractivity contribution is -0.123. The quantitative estimate of drug-likeness (QED) is 0.306. The number of nitrogens with one attached hydrogen (secondary N) is 2. The summed E-state index contributed by atoms with van der Waals surface area (Å²) < 4.78 is 11.3. The molecule has 6 heteroatoms. The fraction of sp³-hybridized carbons (Fsp3) is 0.286. The maximum atomic E-state index is 12.8. The van der Waals surface area contributed by atoms with Gasteiger partial charge in [-0.3, -0.25) is 9.59 Å². The second kappa shape index (κ2) is 13.0. The predicted octanol–water partition coefficient (Wildman–Crippen LogP) is 4.59. The summed E-state index contributed by atoms with van der Waals surface area (Å²) in [6.07, 6.45) is 1.68. The highest BCUT2D eigenvalue weighted by Gasteiger charge is 2.20. The van der Waals surface area contributed by atoms with Gasteiger partial charge < -0.3 is 20.1 Å². The molecule has 0 aliphatic heterocycles. The number of carbonyl (C=O) groups is 2. The van der Waals surface area contributed by atoms with Crippen molar-refractivity contribution in [3.8, 4) is 11.5 Å². The fourth-order valence-electron chi connectivity index (χ4n) is 3.50. The molecule has 2 N–H and O–H groups in total. The third kappa shape index (κ3) is 7.66. The SMILES string of the molecule is CCCCOc1ccc(C(NC(=O)Cc2ccccc2)NC(=O)Cc2ccccc2)cc1OC. The van der Waals surface area contributed by atoms with Gasteiger partial charge in [-0.1, -0.05) is 80.1 Å². The van der Waals surface area contributed by atoms with Crippen molar-refractivity contribution < 1.29 is 19.1 Å². The lowest BCUT2D eigenvalue weighted by atomic mass is 10.1. The minimum atomic E-state index is -0.717. The molecule has 34 heavy (non-hydrogen) atoms. The van der Waals surface area contributed by atoms with Crippen molar-refractivity contribution in [3.05, 3.63) is 95.6 Å². The van der Waals surface area contributed by atoms with Crippen molar-refractivity contribution >= 4 is 11.8 Å². The molecule has 178 valence electrons. The zero-order chi connectivity index (χ0) is 24.2. The molecule has 0 bridgehead atoms. The van der Waals surface area contributed by atoms with E-state index in [1.807, 2.05) is 72.8 Å². The number of amides is 2. The third-order valence-corrected chi connectivity index (χ3v) is 5.30. The lowest BCUT2D eigenvalue weighted by Gasteiger charge is -2.22. The topological polar surface area (TPSA) is 76.7 Å². The number of ether oxygens (including phenoxy) is 2. The normalized spacial score (nSPS) is 10.6. The summed E-state index contributed by atoms with van der Waals surface area (Å²) >= 11 is 0. The van der Waals surface area contributed by atoms with Crippen LogP contribution in [0.15, 0.2) is 78.9 Å². The minimum absolute atomic E-state index is 0.196. The van der Waals surface area contributed by atoms with Crippen molar-refractivity contribution in [3.63, 3.8) is 0 Å². The molecule has 0 fully saturated rings. The van der Waals surface area contributed by atoms with Gasteiger partial charge in [-0.15, -0.1) is 0 Å². The summed E-state index contributed by atoms with van der Waals surface area (Å²) in [4.78, 5) is 25.6. The van der Waals surface area contributed by atoms with Gasteiger partial charge in [0.1, 0.15) is 6.17 Å². The summed E-state index contributed by atoms with van der Waals surface area (Å²) in [5.74, 6) is 0.787. The van der Waals surface area contributed by atoms with E-state index in [0.717, 1.165) is 24.0 Å². The Labute approximate surface area is 201 Å². The Morgan fingerprint density at radius 1 is 0.794 bits per heavy atom. The lowest BCUT2D eigenvalue weighted by Crippen LogP contribution is -2.42. The van der Waals surface area contributed by atoms with Crippen LogP contribution in [-0.4, -0.2) is 25.5 Å². The van der Waals surface area contributed by atoms with Gasteiger partial charge in [0, 0.05) is 0 Å². The fourth-order valence-corrected chi connectivity index (χ4v) is 3.50. The van der Waals surface area contributed by atoms with Gasteiger partial charge in [0.25, 0.3) is 0 Å². The van der Waals surface area contributed by atoms with Crippen LogP contribution in [0.1, 0.15) is 42.6 Å². The van der Waals surface area contributed by atoms with Crippen LogP contribution in [0.2, 0.25) is 0 Å². The highest BCUT2D eigenvalue weighted by molar-refractivity contribution is 5.82. The molecule has 3 aromatic rings. The molecule has 3 rings (SSSR count). The molecule has 0 heterocycles. The average Bonchev–Trinajstić information content (AvgIpc) is 2.85. The van der Waals surface area contributed by atoms with Crippen LogP contribution in [0.5, 0.6) is 11.5 Å². The van der Waals surface area contributed by atoms with E-state index in [9.17, 15) is 9.59 Å². The van der Waals surface area contributed by atoms with Crippen LogP contribution in [0.25, 0.3) is 0 Å². The molecular formula is C28H32N2O4. The number of unbranched alkanes of at least 4 members (excludes halogenated alkanes) is 1. The molecule has 2 amide bonds. The Hall–Kier alpha value is -3.80. The zero-order valence-electron chi connectivity index (χ0n) is 19.8. The first-order chi connectivity index (χ1) is 16.6. The van der Waals surface area contributed by atoms with Crippen LogP contribution in [0, 0.1) is 0 Å². The van der Waals surface area contributed by atoms with E-state index in [-0.39, 0.29) is 24.7 Å². The third-order valence-electron chi connectivity index (χ3n) is 5.30. The number of hydrogen-bond acceptors (Lipinski definition) is 4. The van der Waals surface area contributed by atoms with Gasteiger partial charge in [-0.25, -0.2) is 0 Å². The van der Waals surface area contributed by atoms with Gasteiger partial charge >= 0.3 is 0 Å². The Balaban J connectivity index is 1.78. The summed E-state index contributed by atoms with van der Waals surface area (Å²) in [5, 5.41) is 5.91. The highest BCUT2D eigenvalue weighted by Crippen LogP contribution is 2.30. The molecule has 0 aliphatic carbocycles. The van der Waals surface area contributed by atoms with E-state index in [1.54, 1.807) is 13.2 Å². The molecule has 0 spiro atoms. The summed E-state index contributed by atoms with van der Waals surface area (Å²) in [6, 6.07) is 24.4. The minimum Gasteiger partial charge on any atom is -0.493 e. The first-order valence-electron chi connectivity index (χ1n) is 11.6. The van der Waals surface area contributed by atoms with Gasteiger partial charge in [0.15, 0.2) is 11.5 Å². The molecule has 0 aliphatic rings. The van der Waals surface area contributed by atoms with Crippen molar-refractivity contribution in [1.82, 2.24) is 10.6 Å². The van der Waals surface area contributed by atoms with Crippen molar-refractivity contribution in [2.75, 3.05) is 13.7 Å². The van der Waals surface area contributed by atoms with E-state index in [4.69, 9.17) is 9.47 Å². The standard InChI is InChI=1S/C28H32N2O4/c1-3-4-17-34-24-16-15-23(20-25(24)33-2)28(29-26(31)18-21-11-7-5-8-12-21)30-27(32)19-22-13-9-6-10-14-22/h5-16,20,28H,3-4,17-19H2,1-2H3,(H,29,31)(H,30,32). The molecule has 0 aromatic heterocycles. The average molecular weight is 461 g/mol. The van der Waals surface area contributed by atoms with Gasteiger partial charge in [0.2, 0.25) is 11.8 Å². The molecular weight excluding hydrogens is 428 g/mol. The Morgan fingerprint density at radius 2 is 1.35 bits per heavy atom. The molecule has 0 atom stereocenters. The number of methoxy groups -OCH3 is 1. The van der Waals surface area contributed by atoms with Crippen LogP contribution < -0.4 is 20.1 Å². The first kappa shape index (κ1) is 24.8. The Morgan fingerprint density at radius 3 is 1.85 bits per heavy atom. The zero-order valence-corrected chi connectivity index (χ0v) is 19.8. The molecule has 0 unspecified atom stereocenters. The highest BCUT2D eigenvalue weighted by atomic mass is 16.5. The number of rotatable bonds is 12. The molecule has 0 radical (unpaired) electrons. The number of hydrogen-bond donors (Lipinski definition) is 2. The smallest absolute Gasteiger partial charge is 0.226 e. The van der Waals surface area contributed by atoms with Crippen LogP contribution in [-0.2, 0) is 22.4 Å². The van der Waals surface area contributed by atoms with Crippen molar-refractivity contribution in [1.29, 1.82) is 0 Å². The number of carbonyl (C=O) groups excluding carboxylic acids is 2. The predicted molar refractivity (Wildman–Crippen MR) is 133 cm³/mol. The first-order valence-corrected chi connectivity index (χ1v) is 11.6. The van der Waals surface area contributed by atoms with Crippen LogP contribution in [0.4, 0.5) is 0 Å². The van der Waals surface area contributed by atoms with E-state index >= 15 is 0 Å². The van der Waals surface area contributed by atoms with Gasteiger partial charge in [-0.2, -0.15) is 0 Å². The van der Waals surface area contributed by atoms with E-state index in [0.29, 0.717) is 23.7 Å². The van der Waals surface area contributed by atoms with E-state index < -0.39 is 6.17 Å². The van der Waals surface area contributed by atoms with Crippen molar-refractivity contribution in [2.45, 2.75) is 38.8 Å². The number of benzene rings is 3. The maximum absolute atomic E-state index is 12.8. The molecule has 0 saturated carbocycles. The Bertz CT molecular complexity index is 999. The van der Waals surface area contributed by atoms with Crippen LogP contribution in [0.3, 0.4) is 0 Å². The Kier molecular flexibility index (Phi) is 9.52. The van der Waals surface area contributed by atoms with Gasteiger partial charge in [-0.05, 0) is 35.2 Å². The second-order valence-corrected chi connectivity index (χ2v) is 8.01. The monoisotopic (exact) mass is 460 g/mol. The summed E-state index contributed by atoms with van der Waals surface area (Å²) in [7, 11) is 1.57. The largest absolute Gasteiger partial charge is 0.493 e. The molecule has 0 saturated heterocycles. The van der Waals surface area contributed by atoms with Crippen LogP contribution >= 0.6 is 0 Å². The van der Waals surface area contributed by atoms with Crippen molar-refractivity contribution in [2.24, 2.45) is 0 Å². The molecule has 3 aromatic carbocycles. The van der Waals surface area contributed by atoms with Gasteiger partial charge in [0.05, 0.1) is 26.6 Å². The summed E-state index contributed by atoms with van der Waals surface area (Å²) in [6.45, 7) is 2.70. The van der Waals surface area contributed by atoms with E-state index in [2.05, 4.69) is 17.6 Å². The molecule has 6 nitrogen and oxygen atoms in total.